The van der Waals surface area contributed by atoms with Crippen LogP contribution in [0.15, 0.2) is 59.5 Å². The third kappa shape index (κ3) is 6.34. The summed E-state index contributed by atoms with van der Waals surface area (Å²) in [6, 6.07) is 5.88. The van der Waals surface area contributed by atoms with Gasteiger partial charge in [0.2, 0.25) is 0 Å². The molecule has 2 N–H and O–H groups in total. The number of methoxy groups -OCH3 is 2. The number of aliphatic hydroxyl groups excluding tert-OH is 1. The van der Waals surface area contributed by atoms with Crippen molar-refractivity contribution in [2.75, 3.05) is 32.3 Å². The smallest absolute Gasteiger partial charge is 0.387 e. The van der Waals surface area contributed by atoms with E-state index >= 15 is 8.78 Å². The van der Waals surface area contributed by atoms with Gasteiger partial charge in [0.15, 0.2) is 0 Å². The number of nitrogens with one attached hydrogen (secondary N) is 1. The standard InChI is InChI=1S/C29H29F4N3O7/c1-15-23(24-20(30)11-19(42-3)12-21(24)31)25(34-26(38)16-6-8-18(9-7-16)43-29(32)33)28(40)36(15)22-5-4-10-35(27(22)39)17(13-37)14-41-2/h4-12,15,17,23,25,29,37H,13-14H2,1-3H3,(H,34,38)/t15-,17?,23-,25-/m0/s1. The van der Waals surface area contributed by atoms with Gasteiger partial charge >= 0.3 is 6.61 Å². The highest BCUT2D eigenvalue weighted by Gasteiger charge is 2.50. The monoisotopic (exact) mass is 607 g/mol. The van der Waals surface area contributed by atoms with Gasteiger partial charge in [-0.15, -0.1) is 0 Å². The van der Waals surface area contributed by atoms with Crippen LogP contribution in [0.2, 0.25) is 0 Å². The molecule has 1 saturated heterocycles. The van der Waals surface area contributed by atoms with Crippen LogP contribution in [-0.2, 0) is 9.53 Å². The fourth-order valence-corrected chi connectivity index (χ4v) is 5.23. The number of rotatable bonds is 11. The number of carbonyl (C=O) groups is 2. The van der Waals surface area contributed by atoms with Crippen molar-refractivity contribution < 1.29 is 46.5 Å². The largest absolute Gasteiger partial charge is 0.497 e. The molecule has 4 rings (SSSR count). The highest BCUT2D eigenvalue weighted by Crippen LogP contribution is 2.40. The van der Waals surface area contributed by atoms with Gasteiger partial charge in [0, 0.05) is 48.5 Å². The van der Waals surface area contributed by atoms with E-state index in [0.717, 1.165) is 29.2 Å². The molecule has 0 bridgehead atoms. The number of aliphatic hydroxyl groups is 1. The minimum atomic E-state index is -3.08. The average molecular weight is 608 g/mol. The fourth-order valence-electron chi connectivity index (χ4n) is 5.23. The molecule has 0 aliphatic carbocycles. The Bertz CT molecular complexity index is 1510. The van der Waals surface area contributed by atoms with E-state index in [4.69, 9.17) is 9.47 Å². The van der Waals surface area contributed by atoms with Gasteiger partial charge in [-0.2, -0.15) is 8.78 Å². The summed E-state index contributed by atoms with van der Waals surface area (Å²) < 4.78 is 71.3. The van der Waals surface area contributed by atoms with E-state index in [1.54, 1.807) is 0 Å². The normalized spacial score (nSPS) is 19.0. The van der Waals surface area contributed by atoms with Crippen LogP contribution < -0.4 is 25.2 Å². The summed E-state index contributed by atoms with van der Waals surface area (Å²) in [7, 11) is 2.61. The minimum absolute atomic E-state index is 0.0198. The van der Waals surface area contributed by atoms with Crippen LogP contribution in [0.4, 0.5) is 23.2 Å². The second kappa shape index (κ2) is 13.3. The number of carbonyl (C=O) groups excluding carboxylic acids is 2. The van der Waals surface area contributed by atoms with Gasteiger partial charge in [-0.1, -0.05) is 0 Å². The van der Waals surface area contributed by atoms with Crippen molar-refractivity contribution in [3.63, 3.8) is 0 Å². The molecule has 230 valence electrons. The lowest BCUT2D eigenvalue weighted by molar-refractivity contribution is -0.118. The predicted octanol–water partition coefficient (Wildman–Crippen LogP) is 3.23. The lowest BCUT2D eigenvalue weighted by atomic mass is 9.87. The molecular formula is C29H29F4N3O7. The van der Waals surface area contributed by atoms with E-state index in [0.29, 0.717) is 0 Å². The van der Waals surface area contributed by atoms with Crippen molar-refractivity contribution in [3.05, 3.63) is 87.8 Å². The maximum atomic E-state index is 15.4. The number of nitrogens with zero attached hydrogens (tertiary/aromatic N) is 2. The Kier molecular flexibility index (Phi) is 9.71. The summed E-state index contributed by atoms with van der Waals surface area (Å²) in [5.74, 6) is -5.41. The Morgan fingerprint density at radius 1 is 1.05 bits per heavy atom. The summed E-state index contributed by atoms with van der Waals surface area (Å²) in [6.45, 7) is -2.08. The Labute approximate surface area is 243 Å². The molecule has 1 aromatic heterocycles. The molecule has 2 aromatic carbocycles. The zero-order valence-electron chi connectivity index (χ0n) is 23.3. The molecule has 1 unspecified atom stereocenters. The number of hydrogen-bond acceptors (Lipinski definition) is 7. The molecular weight excluding hydrogens is 578 g/mol. The van der Waals surface area contributed by atoms with Crippen LogP contribution >= 0.6 is 0 Å². The van der Waals surface area contributed by atoms with Crippen molar-refractivity contribution in [1.29, 1.82) is 0 Å². The van der Waals surface area contributed by atoms with Crippen LogP contribution in [0.5, 0.6) is 11.5 Å². The second-order valence-corrected chi connectivity index (χ2v) is 9.73. The van der Waals surface area contributed by atoms with Crippen LogP contribution in [0.3, 0.4) is 0 Å². The van der Waals surface area contributed by atoms with Gasteiger partial charge in [0.25, 0.3) is 17.4 Å². The van der Waals surface area contributed by atoms with E-state index in [1.807, 2.05) is 0 Å². The van der Waals surface area contributed by atoms with E-state index in [2.05, 4.69) is 10.1 Å². The third-order valence-electron chi connectivity index (χ3n) is 7.22. The van der Waals surface area contributed by atoms with E-state index in [-0.39, 0.29) is 29.4 Å². The fraction of sp³-hybridized carbons (Fsp3) is 0.345. The molecule has 3 aromatic rings. The van der Waals surface area contributed by atoms with E-state index < -0.39 is 71.8 Å². The molecule has 4 atom stereocenters. The van der Waals surface area contributed by atoms with Gasteiger partial charge in [-0.25, -0.2) is 8.78 Å². The minimum Gasteiger partial charge on any atom is -0.497 e. The summed E-state index contributed by atoms with van der Waals surface area (Å²) in [5.41, 5.74) is -1.41. The number of anilines is 1. The zero-order valence-corrected chi connectivity index (χ0v) is 23.3. The molecule has 1 aliphatic rings. The van der Waals surface area contributed by atoms with Gasteiger partial charge in [0.1, 0.15) is 34.9 Å². The molecule has 2 amide bonds. The lowest BCUT2D eigenvalue weighted by Gasteiger charge is -2.26. The SMILES string of the molecule is COCC(CO)n1cccc(N2C(=O)[C@@H](NC(=O)c3ccc(OC(F)F)cc3)[C@H](c3c(F)cc(OC)cc3F)[C@@H]2C)c1=O. The second-order valence-electron chi connectivity index (χ2n) is 9.73. The lowest BCUT2D eigenvalue weighted by Crippen LogP contribution is -2.45. The molecule has 1 aliphatic heterocycles. The van der Waals surface area contributed by atoms with Crippen LogP contribution in [0, 0.1) is 11.6 Å². The van der Waals surface area contributed by atoms with Crippen molar-refractivity contribution in [1.82, 2.24) is 9.88 Å². The Balaban J connectivity index is 1.78. The van der Waals surface area contributed by atoms with Crippen molar-refractivity contribution in [2.45, 2.75) is 37.6 Å². The molecule has 43 heavy (non-hydrogen) atoms. The van der Waals surface area contributed by atoms with Crippen LogP contribution in [0.1, 0.15) is 34.8 Å². The number of benzene rings is 2. The zero-order chi connectivity index (χ0) is 31.4. The molecule has 2 heterocycles. The third-order valence-corrected chi connectivity index (χ3v) is 7.22. The molecule has 0 saturated carbocycles. The molecule has 1 fully saturated rings. The number of aromatic nitrogens is 1. The maximum Gasteiger partial charge on any atom is 0.387 e. The topological polar surface area (TPSA) is 119 Å². The first kappa shape index (κ1) is 31.5. The van der Waals surface area contributed by atoms with E-state index in [9.17, 15) is 28.3 Å². The highest BCUT2D eigenvalue weighted by molar-refractivity contribution is 6.05. The van der Waals surface area contributed by atoms with Crippen molar-refractivity contribution in [3.8, 4) is 11.5 Å². The number of halogens is 4. The van der Waals surface area contributed by atoms with Crippen LogP contribution in [-0.4, -0.2) is 67.6 Å². The Morgan fingerprint density at radius 3 is 2.26 bits per heavy atom. The van der Waals surface area contributed by atoms with Gasteiger partial charge < -0.3 is 34.1 Å². The molecule has 14 heteroatoms. The van der Waals surface area contributed by atoms with E-state index in [1.165, 1.54) is 56.2 Å². The van der Waals surface area contributed by atoms with Gasteiger partial charge in [0.05, 0.1) is 26.4 Å². The summed E-state index contributed by atoms with van der Waals surface area (Å²) in [4.78, 5) is 41.7. The molecule has 0 radical (unpaired) electrons. The molecule has 0 spiro atoms. The quantitative estimate of drug-likeness (QED) is 0.322. The number of ether oxygens (including phenoxy) is 3. The summed E-state index contributed by atoms with van der Waals surface area (Å²) >= 11 is 0. The summed E-state index contributed by atoms with van der Waals surface area (Å²) in [6.07, 6.45) is 1.40. The predicted molar refractivity (Wildman–Crippen MR) is 146 cm³/mol. The summed E-state index contributed by atoms with van der Waals surface area (Å²) in [5, 5.41) is 12.3. The Morgan fingerprint density at radius 2 is 1.70 bits per heavy atom. The maximum absolute atomic E-state index is 15.4. The van der Waals surface area contributed by atoms with Gasteiger partial charge in [-0.3, -0.25) is 14.4 Å². The van der Waals surface area contributed by atoms with Crippen molar-refractivity contribution in [2.24, 2.45) is 0 Å². The first-order chi connectivity index (χ1) is 20.5. The van der Waals surface area contributed by atoms with Crippen molar-refractivity contribution >= 4 is 17.5 Å². The average Bonchev–Trinajstić information content (AvgIpc) is 3.20. The number of amides is 2. The first-order valence-corrected chi connectivity index (χ1v) is 13.0. The number of pyridine rings is 1. The van der Waals surface area contributed by atoms with Gasteiger partial charge in [-0.05, 0) is 43.3 Å². The molecule has 10 nitrogen and oxygen atoms in total. The number of alkyl halides is 2. The first-order valence-electron chi connectivity index (χ1n) is 13.0. The highest BCUT2D eigenvalue weighted by atomic mass is 19.3. The van der Waals surface area contributed by atoms with Crippen LogP contribution in [0.25, 0.3) is 0 Å². The Hall–Kier alpha value is -4.43. The number of hydrogen-bond donors (Lipinski definition) is 2.